The van der Waals surface area contributed by atoms with Crippen molar-refractivity contribution in [3.05, 3.63) is 59.7 Å². The Morgan fingerprint density at radius 1 is 1.09 bits per heavy atom. The first-order valence-electron chi connectivity index (χ1n) is 11.8. The maximum Gasteiger partial charge on any atom is 0.122 e. The summed E-state index contributed by atoms with van der Waals surface area (Å²) in [5.74, 6) is 1.70. The summed E-state index contributed by atoms with van der Waals surface area (Å²) in [6, 6.07) is 6.17. The zero-order valence-corrected chi connectivity index (χ0v) is 20.7. The van der Waals surface area contributed by atoms with E-state index in [9.17, 15) is 0 Å². The molecule has 0 N–H and O–H groups in total. The van der Waals surface area contributed by atoms with E-state index < -0.39 is 0 Å². The minimum absolute atomic E-state index is 0.0853. The molecule has 0 amide bonds. The van der Waals surface area contributed by atoms with E-state index in [1.165, 1.54) is 16.7 Å². The molecule has 1 fully saturated rings. The van der Waals surface area contributed by atoms with E-state index in [1.807, 2.05) is 6.07 Å². The molecule has 0 aromatic heterocycles. The highest BCUT2D eigenvalue weighted by atomic mass is 16.5. The maximum absolute atomic E-state index is 5.46. The van der Waals surface area contributed by atoms with E-state index in [0.29, 0.717) is 0 Å². The van der Waals surface area contributed by atoms with E-state index in [4.69, 9.17) is 9.47 Å². The normalized spacial score (nSPS) is 23.4. The molecule has 0 radical (unpaired) electrons. The van der Waals surface area contributed by atoms with Gasteiger partial charge >= 0.3 is 0 Å². The largest absolute Gasteiger partial charge is 0.497 e. The summed E-state index contributed by atoms with van der Waals surface area (Å²) in [5.41, 5.74) is 3.97. The van der Waals surface area contributed by atoms with Gasteiger partial charge in [0, 0.05) is 37.8 Å². The molecule has 1 aromatic rings. The second kappa shape index (κ2) is 11.2. The molecule has 1 saturated heterocycles. The average molecular weight is 440 g/mol. The first-order valence-corrected chi connectivity index (χ1v) is 11.8. The third kappa shape index (κ3) is 6.03. The van der Waals surface area contributed by atoms with Crippen molar-refractivity contribution in [2.45, 2.75) is 45.2 Å². The van der Waals surface area contributed by atoms with E-state index in [0.717, 1.165) is 70.2 Å². The summed E-state index contributed by atoms with van der Waals surface area (Å²) in [4.78, 5) is 7.65. The van der Waals surface area contributed by atoms with Crippen molar-refractivity contribution in [1.82, 2.24) is 14.7 Å². The topological polar surface area (TPSA) is 28.2 Å². The van der Waals surface area contributed by atoms with Gasteiger partial charge in [0.15, 0.2) is 0 Å². The van der Waals surface area contributed by atoms with Crippen molar-refractivity contribution < 1.29 is 9.47 Å². The summed E-state index contributed by atoms with van der Waals surface area (Å²) in [6.07, 6.45) is 10.2. The van der Waals surface area contributed by atoms with Gasteiger partial charge in [-0.2, -0.15) is 0 Å². The van der Waals surface area contributed by atoms with Crippen LogP contribution in [0.3, 0.4) is 0 Å². The fourth-order valence-corrected chi connectivity index (χ4v) is 5.02. The van der Waals surface area contributed by atoms with E-state index in [-0.39, 0.29) is 5.54 Å². The number of benzene rings is 1. The molecule has 0 unspecified atom stereocenters. The van der Waals surface area contributed by atoms with E-state index in [2.05, 4.69) is 72.5 Å². The minimum atomic E-state index is 0.0853. The van der Waals surface area contributed by atoms with Gasteiger partial charge in [-0.05, 0) is 57.5 Å². The van der Waals surface area contributed by atoms with Gasteiger partial charge < -0.3 is 9.47 Å². The van der Waals surface area contributed by atoms with Gasteiger partial charge in [-0.25, -0.2) is 0 Å². The molecule has 5 nitrogen and oxygen atoms in total. The second-order valence-electron chi connectivity index (χ2n) is 9.23. The number of nitrogens with zero attached hydrogens (tertiary/aromatic N) is 3. The number of methoxy groups -OCH3 is 2. The first-order chi connectivity index (χ1) is 15.4. The number of ether oxygens (including phenoxy) is 2. The molecule has 176 valence electrons. The molecular formula is C27H41N3O2. The highest BCUT2D eigenvalue weighted by molar-refractivity contribution is 5.38. The van der Waals surface area contributed by atoms with Crippen LogP contribution >= 0.6 is 0 Å². The van der Waals surface area contributed by atoms with Crippen molar-refractivity contribution in [3.8, 4) is 11.5 Å². The van der Waals surface area contributed by atoms with Crippen LogP contribution in [0.2, 0.25) is 0 Å². The Bertz CT molecular complexity index is 815. The molecule has 2 aliphatic heterocycles. The molecule has 2 aliphatic rings. The number of allylic oxidation sites excluding steroid dienone is 3. The standard InChI is InChI=1S/C27H41N3O2/c1-7-23-15-22(3)9-10-27(30(8-2)21-28(4)19-23)11-13-29(14-12-27)20-24-16-25(31-5)18-26(17-24)32-6/h7,9-10,16-18H,3,8,11-15,19-21H2,1-2,4-6H3/b10-9+,23-7+. The maximum atomic E-state index is 5.46. The van der Waals surface area contributed by atoms with Crippen molar-refractivity contribution in [1.29, 1.82) is 0 Å². The van der Waals surface area contributed by atoms with E-state index in [1.54, 1.807) is 14.2 Å². The number of likely N-dealkylation sites (N-methyl/N-ethyl adjacent to an activating group) is 2. The fourth-order valence-electron chi connectivity index (χ4n) is 5.02. The molecule has 5 heteroatoms. The van der Waals surface area contributed by atoms with Crippen LogP contribution in [0.1, 0.15) is 38.7 Å². The van der Waals surface area contributed by atoms with Crippen molar-refractivity contribution in [2.75, 3.05) is 54.1 Å². The van der Waals surface area contributed by atoms with Crippen LogP contribution in [0.4, 0.5) is 0 Å². The Labute approximate surface area is 195 Å². The number of rotatable bonds is 5. The quantitative estimate of drug-likeness (QED) is 0.620. The Balaban J connectivity index is 1.76. The van der Waals surface area contributed by atoms with Gasteiger partial charge in [0.2, 0.25) is 0 Å². The van der Waals surface area contributed by atoms with Crippen LogP contribution < -0.4 is 9.47 Å². The molecular weight excluding hydrogens is 398 g/mol. The average Bonchev–Trinajstić information content (AvgIpc) is 2.81. The lowest BCUT2D eigenvalue weighted by Gasteiger charge is -2.48. The van der Waals surface area contributed by atoms with Gasteiger partial charge in [0.1, 0.15) is 11.5 Å². The number of hydrogen-bond acceptors (Lipinski definition) is 5. The Kier molecular flexibility index (Phi) is 8.57. The molecule has 0 bridgehead atoms. The van der Waals surface area contributed by atoms with Crippen LogP contribution in [-0.4, -0.2) is 74.4 Å². The van der Waals surface area contributed by atoms with Crippen LogP contribution in [-0.2, 0) is 6.54 Å². The predicted molar refractivity (Wildman–Crippen MR) is 133 cm³/mol. The smallest absolute Gasteiger partial charge is 0.122 e. The predicted octanol–water partition coefficient (Wildman–Crippen LogP) is 4.71. The van der Waals surface area contributed by atoms with Crippen LogP contribution in [0.25, 0.3) is 0 Å². The zero-order chi connectivity index (χ0) is 23.1. The lowest BCUT2D eigenvalue weighted by molar-refractivity contribution is 0.0227. The van der Waals surface area contributed by atoms with Gasteiger partial charge in [-0.3, -0.25) is 14.7 Å². The number of piperidine rings is 1. The molecule has 32 heavy (non-hydrogen) atoms. The Morgan fingerprint density at radius 2 is 1.75 bits per heavy atom. The van der Waals surface area contributed by atoms with Crippen molar-refractivity contribution in [2.24, 2.45) is 0 Å². The number of likely N-dealkylation sites (tertiary alicyclic amines) is 1. The van der Waals surface area contributed by atoms with Crippen molar-refractivity contribution >= 4 is 0 Å². The third-order valence-corrected chi connectivity index (χ3v) is 6.93. The van der Waals surface area contributed by atoms with Crippen LogP contribution in [0.5, 0.6) is 11.5 Å². The fraction of sp³-hybridized carbons (Fsp3) is 0.556. The van der Waals surface area contributed by atoms with Gasteiger partial charge in [-0.1, -0.05) is 42.9 Å². The monoisotopic (exact) mass is 439 g/mol. The lowest BCUT2D eigenvalue weighted by Crippen LogP contribution is -2.56. The van der Waals surface area contributed by atoms with E-state index >= 15 is 0 Å². The molecule has 1 spiro atoms. The molecule has 3 rings (SSSR count). The molecule has 1 aromatic carbocycles. The molecule has 0 saturated carbocycles. The summed E-state index contributed by atoms with van der Waals surface area (Å²) >= 11 is 0. The summed E-state index contributed by atoms with van der Waals surface area (Å²) in [6.45, 7) is 14.8. The Morgan fingerprint density at radius 3 is 2.31 bits per heavy atom. The third-order valence-electron chi connectivity index (χ3n) is 6.93. The Hall–Kier alpha value is -2.08. The van der Waals surface area contributed by atoms with Gasteiger partial charge in [0.25, 0.3) is 0 Å². The molecule has 2 heterocycles. The molecule has 0 aliphatic carbocycles. The lowest BCUT2D eigenvalue weighted by atomic mass is 9.84. The summed E-state index contributed by atoms with van der Waals surface area (Å²) in [5, 5.41) is 0. The molecule has 0 atom stereocenters. The minimum Gasteiger partial charge on any atom is -0.497 e. The zero-order valence-electron chi connectivity index (χ0n) is 20.7. The van der Waals surface area contributed by atoms with Crippen LogP contribution in [0, 0.1) is 0 Å². The summed E-state index contributed by atoms with van der Waals surface area (Å²) < 4.78 is 10.9. The number of hydrogen-bond donors (Lipinski definition) is 0. The highest BCUT2D eigenvalue weighted by Crippen LogP contribution is 2.33. The highest BCUT2D eigenvalue weighted by Gasteiger charge is 2.37. The van der Waals surface area contributed by atoms with Crippen molar-refractivity contribution in [3.63, 3.8) is 0 Å². The van der Waals surface area contributed by atoms with Gasteiger partial charge in [0.05, 0.1) is 20.9 Å². The summed E-state index contributed by atoms with van der Waals surface area (Å²) in [7, 11) is 5.65. The SMILES string of the molecule is C=C1/C=C/C2(CCN(Cc3cc(OC)cc(OC)c3)CC2)N(CC)CN(C)C/C(=C/C)C1. The first kappa shape index (κ1) is 24.6. The van der Waals surface area contributed by atoms with Crippen LogP contribution in [0.15, 0.2) is 54.2 Å². The second-order valence-corrected chi connectivity index (χ2v) is 9.23. The van der Waals surface area contributed by atoms with Gasteiger partial charge in [-0.15, -0.1) is 0 Å².